The number of aromatic nitrogens is 2. The van der Waals surface area contributed by atoms with Gasteiger partial charge in [-0.2, -0.15) is 0 Å². The molecule has 0 atom stereocenters. The molecule has 0 bridgehead atoms. The summed E-state index contributed by atoms with van der Waals surface area (Å²) in [7, 11) is 0. The van der Waals surface area contributed by atoms with E-state index in [1.165, 1.54) is 5.56 Å². The van der Waals surface area contributed by atoms with E-state index in [0.717, 1.165) is 37.4 Å². The van der Waals surface area contributed by atoms with Gasteiger partial charge in [-0.3, -0.25) is 4.79 Å². The standard InChI is InChI=1S/C22H19N3OS2/c1-14-6-8-16(9-7-14)21-19(28-15(2)24-21)13-20(26)25-18-5-3-4-17(12-18)22-23-10-11-27-22/h3-12H,13H2,1-2H3,(H,25,26). The highest BCUT2D eigenvalue weighted by Gasteiger charge is 2.15. The number of carbonyl (C=O) groups is 1. The number of thiazole rings is 2. The average Bonchev–Trinajstić information content (AvgIpc) is 3.33. The molecule has 0 aliphatic carbocycles. The van der Waals surface area contributed by atoms with Crippen LogP contribution in [0.1, 0.15) is 15.4 Å². The lowest BCUT2D eigenvalue weighted by molar-refractivity contribution is -0.115. The van der Waals surface area contributed by atoms with Crippen LogP contribution in [-0.4, -0.2) is 15.9 Å². The van der Waals surface area contributed by atoms with Crippen LogP contribution in [0.5, 0.6) is 0 Å². The van der Waals surface area contributed by atoms with Crippen LogP contribution >= 0.6 is 22.7 Å². The van der Waals surface area contributed by atoms with Gasteiger partial charge in [0.15, 0.2) is 0 Å². The van der Waals surface area contributed by atoms with E-state index in [9.17, 15) is 4.79 Å². The molecule has 0 saturated heterocycles. The number of nitrogens with zero attached hydrogens (tertiary/aromatic N) is 2. The van der Waals surface area contributed by atoms with Crippen LogP contribution in [0.3, 0.4) is 0 Å². The lowest BCUT2D eigenvalue weighted by Crippen LogP contribution is -2.14. The normalized spacial score (nSPS) is 10.8. The van der Waals surface area contributed by atoms with E-state index in [1.807, 2.05) is 36.6 Å². The minimum absolute atomic E-state index is 0.0479. The van der Waals surface area contributed by atoms with Crippen LogP contribution in [0, 0.1) is 13.8 Å². The number of rotatable bonds is 5. The van der Waals surface area contributed by atoms with E-state index in [0.29, 0.717) is 6.42 Å². The maximum atomic E-state index is 12.7. The Balaban J connectivity index is 1.52. The topological polar surface area (TPSA) is 54.9 Å². The second kappa shape index (κ2) is 8.04. The Hall–Kier alpha value is -2.83. The van der Waals surface area contributed by atoms with Gasteiger partial charge < -0.3 is 5.32 Å². The van der Waals surface area contributed by atoms with E-state index in [1.54, 1.807) is 28.9 Å². The summed E-state index contributed by atoms with van der Waals surface area (Å²) in [6.07, 6.45) is 2.08. The second-order valence-electron chi connectivity index (χ2n) is 6.51. The largest absolute Gasteiger partial charge is 0.326 e. The molecule has 0 radical (unpaired) electrons. The zero-order valence-electron chi connectivity index (χ0n) is 15.6. The molecule has 0 fully saturated rings. The van der Waals surface area contributed by atoms with Gasteiger partial charge in [0, 0.05) is 33.3 Å². The molecule has 0 spiro atoms. The molecular formula is C22H19N3OS2. The number of carbonyl (C=O) groups excluding carboxylic acids is 1. The first-order valence-electron chi connectivity index (χ1n) is 8.91. The third-order valence-corrected chi connectivity index (χ3v) is 6.07. The summed E-state index contributed by atoms with van der Waals surface area (Å²) < 4.78 is 0. The highest BCUT2D eigenvalue weighted by atomic mass is 32.1. The van der Waals surface area contributed by atoms with Crippen molar-refractivity contribution in [2.75, 3.05) is 5.32 Å². The highest BCUT2D eigenvalue weighted by Crippen LogP contribution is 2.29. The van der Waals surface area contributed by atoms with Gasteiger partial charge in [0.25, 0.3) is 0 Å². The van der Waals surface area contributed by atoms with E-state index >= 15 is 0 Å². The van der Waals surface area contributed by atoms with Crippen LogP contribution in [0.25, 0.3) is 21.8 Å². The number of nitrogens with one attached hydrogen (secondary N) is 1. The number of hydrogen-bond donors (Lipinski definition) is 1. The van der Waals surface area contributed by atoms with E-state index in [4.69, 9.17) is 0 Å². The Bertz CT molecular complexity index is 1100. The van der Waals surface area contributed by atoms with Crippen LogP contribution in [0.4, 0.5) is 5.69 Å². The van der Waals surface area contributed by atoms with Crippen molar-refractivity contribution in [3.05, 3.63) is 75.6 Å². The predicted molar refractivity (Wildman–Crippen MR) is 117 cm³/mol. The number of hydrogen-bond acceptors (Lipinski definition) is 5. The fraction of sp³-hybridized carbons (Fsp3) is 0.136. The number of aryl methyl sites for hydroxylation is 2. The summed E-state index contributed by atoms with van der Waals surface area (Å²) in [5, 5.41) is 6.85. The Kier molecular flexibility index (Phi) is 5.32. The van der Waals surface area contributed by atoms with Crippen molar-refractivity contribution in [3.63, 3.8) is 0 Å². The lowest BCUT2D eigenvalue weighted by Gasteiger charge is -2.07. The van der Waals surface area contributed by atoms with Gasteiger partial charge in [-0.1, -0.05) is 42.0 Å². The Morgan fingerprint density at radius 2 is 1.89 bits per heavy atom. The monoisotopic (exact) mass is 405 g/mol. The third kappa shape index (κ3) is 4.18. The van der Waals surface area contributed by atoms with Gasteiger partial charge in [-0.25, -0.2) is 9.97 Å². The summed E-state index contributed by atoms with van der Waals surface area (Å²) in [5.74, 6) is -0.0479. The maximum Gasteiger partial charge on any atom is 0.229 e. The molecule has 2 aromatic heterocycles. The quantitative estimate of drug-likeness (QED) is 0.461. The molecule has 2 aromatic carbocycles. The molecule has 0 aliphatic rings. The van der Waals surface area contributed by atoms with Crippen molar-refractivity contribution < 1.29 is 4.79 Å². The summed E-state index contributed by atoms with van der Waals surface area (Å²) in [6, 6.07) is 16.0. The molecule has 4 rings (SSSR count). The number of amides is 1. The van der Waals surface area contributed by atoms with Crippen molar-refractivity contribution in [2.24, 2.45) is 0 Å². The van der Waals surface area contributed by atoms with Gasteiger partial charge >= 0.3 is 0 Å². The number of benzene rings is 2. The zero-order chi connectivity index (χ0) is 19.5. The molecule has 140 valence electrons. The molecule has 4 aromatic rings. The Morgan fingerprint density at radius 1 is 1.07 bits per heavy atom. The van der Waals surface area contributed by atoms with Gasteiger partial charge in [0.2, 0.25) is 5.91 Å². The molecule has 28 heavy (non-hydrogen) atoms. The van der Waals surface area contributed by atoms with Crippen LogP contribution in [0.15, 0.2) is 60.1 Å². The minimum Gasteiger partial charge on any atom is -0.326 e. The predicted octanol–water partition coefficient (Wildman–Crippen LogP) is 5.73. The van der Waals surface area contributed by atoms with E-state index < -0.39 is 0 Å². The smallest absolute Gasteiger partial charge is 0.229 e. The fourth-order valence-electron chi connectivity index (χ4n) is 2.97. The SMILES string of the molecule is Cc1ccc(-c2nc(C)sc2CC(=O)Nc2cccc(-c3nccs3)c2)cc1. The fourth-order valence-corrected chi connectivity index (χ4v) is 4.57. The molecule has 1 N–H and O–H groups in total. The van der Waals surface area contributed by atoms with Crippen LogP contribution in [0.2, 0.25) is 0 Å². The first-order chi connectivity index (χ1) is 13.6. The first kappa shape index (κ1) is 18.5. The molecule has 4 nitrogen and oxygen atoms in total. The summed E-state index contributed by atoms with van der Waals surface area (Å²) in [4.78, 5) is 22.6. The molecule has 0 unspecified atom stereocenters. The lowest BCUT2D eigenvalue weighted by atomic mass is 10.1. The van der Waals surface area contributed by atoms with Crippen LogP contribution in [-0.2, 0) is 11.2 Å². The van der Waals surface area contributed by atoms with Crippen molar-refractivity contribution in [1.82, 2.24) is 9.97 Å². The Morgan fingerprint density at radius 3 is 2.64 bits per heavy atom. The molecular weight excluding hydrogens is 386 g/mol. The molecule has 1 amide bonds. The van der Waals surface area contributed by atoms with Crippen molar-refractivity contribution in [3.8, 4) is 21.8 Å². The van der Waals surface area contributed by atoms with E-state index in [2.05, 4.69) is 46.5 Å². The minimum atomic E-state index is -0.0479. The molecule has 0 aliphatic heterocycles. The second-order valence-corrected chi connectivity index (χ2v) is 8.70. The van der Waals surface area contributed by atoms with Crippen molar-refractivity contribution >= 4 is 34.3 Å². The summed E-state index contributed by atoms with van der Waals surface area (Å²) >= 11 is 3.15. The highest BCUT2D eigenvalue weighted by molar-refractivity contribution is 7.13. The van der Waals surface area contributed by atoms with Gasteiger partial charge in [-0.05, 0) is 26.0 Å². The Labute approximate surface area is 171 Å². The van der Waals surface area contributed by atoms with Gasteiger partial charge in [0.05, 0.1) is 17.1 Å². The van der Waals surface area contributed by atoms with E-state index in [-0.39, 0.29) is 5.91 Å². The van der Waals surface area contributed by atoms with Crippen molar-refractivity contribution in [2.45, 2.75) is 20.3 Å². The van der Waals surface area contributed by atoms with Gasteiger partial charge in [0.1, 0.15) is 5.01 Å². The molecule has 2 heterocycles. The van der Waals surface area contributed by atoms with Crippen molar-refractivity contribution in [1.29, 1.82) is 0 Å². The molecule has 6 heteroatoms. The summed E-state index contributed by atoms with van der Waals surface area (Å²) in [5.41, 5.74) is 4.92. The zero-order valence-corrected chi connectivity index (χ0v) is 17.2. The van der Waals surface area contributed by atoms with Crippen LogP contribution < -0.4 is 5.32 Å². The summed E-state index contributed by atoms with van der Waals surface area (Å²) in [6.45, 7) is 4.03. The first-order valence-corrected chi connectivity index (χ1v) is 10.6. The maximum absolute atomic E-state index is 12.7. The number of anilines is 1. The average molecular weight is 406 g/mol. The van der Waals surface area contributed by atoms with Gasteiger partial charge in [-0.15, -0.1) is 22.7 Å². The third-order valence-electron chi connectivity index (χ3n) is 4.28. The molecule has 0 saturated carbocycles.